The van der Waals surface area contributed by atoms with Crippen LogP contribution in [0.15, 0.2) is 54.6 Å². The standard InChI is InChI=1S/C32H45N3O2/c1-25-24-35(18-9-12-26-10-4-2-5-11-26)29-21-28(33-31(37)15-19-34-16-6-3-7-17-34)22-32(25,23-29)27-13-8-14-30(36)20-27/h2,4-5,8,10-11,13-14,20,25,28-29,36H,3,6-7,9,12,15-19,21-24H2,1H3,(H,33,37)/t25-,28-,29-,32-/m0/s1. The van der Waals surface area contributed by atoms with E-state index in [1.165, 1.54) is 30.4 Å². The molecule has 1 saturated carbocycles. The number of amides is 1. The maximum Gasteiger partial charge on any atom is 0.221 e. The fourth-order valence-electron chi connectivity index (χ4n) is 7.39. The van der Waals surface area contributed by atoms with Crippen LogP contribution in [-0.4, -0.2) is 65.6 Å². The van der Waals surface area contributed by atoms with Gasteiger partial charge in [0.1, 0.15) is 5.75 Å². The molecule has 0 radical (unpaired) electrons. The molecule has 0 aromatic heterocycles. The van der Waals surface area contributed by atoms with Crippen molar-refractivity contribution >= 4 is 5.91 Å². The van der Waals surface area contributed by atoms with Crippen LogP contribution in [0.2, 0.25) is 0 Å². The topological polar surface area (TPSA) is 55.8 Å². The lowest BCUT2D eigenvalue weighted by molar-refractivity contribution is -0.123. The van der Waals surface area contributed by atoms with E-state index in [2.05, 4.69) is 58.4 Å². The van der Waals surface area contributed by atoms with Crippen LogP contribution in [0.4, 0.5) is 0 Å². The van der Waals surface area contributed by atoms with E-state index in [0.29, 0.717) is 24.1 Å². The summed E-state index contributed by atoms with van der Waals surface area (Å²) in [5, 5.41) is 13.8. The largest absolute Gasteiger partial charge is 0.508 e. The number of benzene rings is 2. The van der Waals surface area contributed by atoms with Gasteiger partial charge in [-0.05, 0) is 93.8 Å². The van der Waals surface area contributed by atoms with Crippen molar-refractivity contribution in [3.8, 4) is 5.75 Å². The van der Waals surface area contributed by atoms with Crippen LogP contribution in [0.3, 0.4) is 0 Å². The van der Waals surface area contributed by atoms with Gasteiger partial charge in [-0.15, -0.1) is 0 Å². The first-order valence-electron chi connectivity index (χ1n) is 14.6. The highest BCUT2D eigenvalue weighted by Gasteiger charge is 2.51. The highest BCUT2D eigenvalue weighted by Crippen LogP contribution is 2.50. The molecule has 2 aliphatic heterocycles. The maximum atomic E-state index is 13.1. The number of hydrogen-bond acceptors (Lipinski definition) is 4. The van der Waals surface area contributed by atoms with Crippen molar-refractivity contribution in [3.63, 3.8) is 0 Å². The Bertz CT molecular complexity index is 1020. The van der Waals surface area contributed by atoms with E-state index < -0.39 is 0 Å². The van der Waals surface area contributed by atoms with E-state index in [-0.39, 0.29) is 17.4 Å². The maximum absolute atomic E-state index is 13.1. The summed E-state index contributed by atoms with van der Waals surface area (Å²) in [7, 11) is 0. The molecule has 1 aliphatic carbocycles. The van der Waals surface area contributed by atoms with Crippen LogP contribution in [-0.2, 0) is 16.6 Å². The van der Waals surface area contributed by atoms with Crippen molar-refractivity contribution in [1.29, 1.82) is 0 Å². The van der Waals surface area contributed by atoms with E-state index in [4.69, 9.17) is 0 Å². The summed E-state index contributed by atoms with van der Waals surface area (Å²) in [4.78, 5) is 18.2. The molecule has 2 N–H and O–H groups in total. The Morgan fingerprint density at radius 3 is 2.62 bits per heavy atom. The Morgan fingerprint density at radius 2 is 1.84 bits per heavy atom. The number of aryl methyl sites for hydroxylation is 1. The molecule has 2 aromatic carbocycles. The summed E-state index contributed by atoms with van der Waals surface area (Å²) in [6.45, 7) is 7.69. The molecule has 4 atom stereocenters. The highest BCUT2D eigenvalue weighted by atomic mass is 16.3. The number of phenols is 1. The van der Waals surface area contributed by atoms with Gasteiger partial charge in [-0.3, -0.25) is 9.69 Å². The van der Waals surface area contributed by atoms with Gasteiger partial charge in [0.15, 0.2) is 0 Å². The van der Waals surface area contributed by atoms with Crippen molar-refractivity contribution in [2.24, 2.45) is 5.92 Å². The minimum atomic E-state index is -0.0115. The number of likely N-dealkylation sites (tertiary alicyclic amines) is 2. The van der Waals surface area contributed by atoms with Crippen LogP contribution in [0, 0.1) is 5.92 Å². The molecule has 2 heterocycles. The Hall–Kier alpha value is -2.37. The first-order chi connectivity index (χ1) is 18.0. The lowest BCUT2D eigenvalue weighted by Gasteiger charge is -2.56. The molecule has 200 valence electrons. The number of piperidine rings is 2. The number of phenolic OH excluding ortho intramolecular Hbond substituents is 1. The van der Waals surface area contributed by atoms with Crippen LogP contribution in [0.1, 0.15) is 69.4 Å². The van der Waals surface area contributed by atoms with Gasteiger partial charge in [0.05, 0.1) is 0 Å². The van der Waals surface area contributed by atoms with Crippen LogP contribution >= 0.6 is 0 Å². The van der Waals surface area contributed by atoms with Crippen molar-refractivity contribution in [2.75, 3.05) is 32.7 Å². The number of aromatic hydroxyl groups is 1. The fraction of sp³-hybridized carbons (Fsp3) is 0.594. The lowest BCUT2D eigenvalue weighted by Crippen LogP contribution is -2.61. The number of carbonyl (C=O) groups excluding carboxylic acids is 1. The van der Waals surface area contributed by atoms with Gasteiger partial charge < -0.3 is 15.3 Å². The second-order valence-electron chi connectivity index (χ2n) is 11.9. The third-order valence-electron chi connectivity index (χ3n) is 9.38. The summed E-state index contributed by atoms with van der Waals surface area (Å²) < 4.78 is 0. The van der Waals surface area contributed by atoms with Gasteiger partial charge in [-0.25, -0.2) is 0 Å². The first kappa shape index (κ1) is 26.2. The third-order valence-corrected chi connectivity index (χ3v) is 9.38. The average Bonchev–Trinajstić information content (AvgIpc) is 2.91. The van der Waals surface area contributed by atoms with Crippen LogP contribution < -0.4 is 5.32 Å². The molecule has 3 fully saturated rings. The molecule has 5 rings (SSSR count). The Labute approximate surface area is 223 Å². The Balaban J connectivity index is 1.27. The van der Waals surface area contributed by atoms with Crippen molar-refractivity contribution in [2.45, 2.75) is 82.2 Å². The summed E-state index contributed by atoms with van der Waals surface area (Å²) in [5.74, 6) is 0.994. The number of fused-ring (bicyclic) bond motifs is 2. The van der Waals surface area contributed by atoms with Crippen molar-refractivity contribution in [3.05, 3.63) is 65.7 Å². The number of rotatable bonds is 9. The van der Waals surface area contributed by atoms with E-state index in [1.54, 1.807) is 6.07 Å². The van der Waals surface area contributed by atoms with Gasteiger partial charge in [-0.2, -0.15) is 0 Å². The molecule has 0 unspecified atom stereocenters. The van der Waals surface area contributed by atoms with Crippen LogP contribution in [0.25, 0.3) is 0 Å². The molecule has 37 heavy (non-hydrogen) atoms. The molecule has 5 nitrogen and oxygen atoms in total. The van der Waals surface area contributed by atoms with Gasteiger partial charge in [0, 0.05) is 37.0 Å². The molecule has 2 aromatic rings. The minimum absolute atomic E-state index is 0.0115. The smallest absolute Gasteiger partial charge is 0.221 e. The molecule has 2 saturated heterocycles. The molecule has 0 spiro atoms. The quantitative estimate of drug-likeness (QED) is 0.498. The van der Waals surface area contributed by atoms with Gasteiger partial charge in [-0.1, -0.05) is 55.8 Å². The van der Waals surface area contributed by atoms with E-state index in [9.17, 15) is 9.90 Å². The lowest BCUT2D eigenvalue weighted by atomic mass is 9.57. The SMILES string of the molecule is C[C@H]1CN(CCCc2ccccc2)[C@H]2C[C@H](NC(=O)CCN3CCCCC3)C[C@]1(c1cccc(O)c1)C2. The molecule has 3 aliphatic rings. The second-order valence-corrected chi connectivity index (χ2v) is 11.9. The normalized spacial score (nSPS) is 28.6. The zero-order valence-corrected chi connectivity index (χ0v) is 22.6. The Morgan fingerprint density at radius 1 is 1.03 bits per heavy atom. The monoisotopic (exact) mass is 503 g/mol. The van der Waals surface area contributed by atoms with Gasteiger partial charge in [0.25, 0.3) is 0 Å². The summed E-state index contributed by atoms with van der Waals surface area (Å²) in [6, 6.07) is 19.3. The molecular weight excluding hydrogens is 458 g/mol. The van der Waals surface area contributed by atoms with Crippen LogP contribution in [0.5, 0.6) is 5.75 Å². The second kappa shape index (κ2) is 12.0. The summed E-state index contributed by atoms with van der Waals surface area (Å²) in [6.07, 6.45) is 9.78. The predicted octanol–water partition coefficient (Wildman–Crippen LogP) is 5.13. The predicted molar refractivity (Wildman–Crippen MR) is 150 cm³/mol. The molecule has 1 amide bonds. The number of hydrogen-bond donors (Lipinski definition) is 2. The van der Waals surface area contributed by atoms with Crippen molar-refractivity contribution in [1.82, 2.24) is 15.1 Å². The Kier molecular flexibility index (Phi) is 8.51. The number of nitrogens with zero attached hydrogens (tertiary/aromatic N) is 2. The number of carbonyl (C=O) groups is 1. The molecular formula is C32H45N3O2. The molecule has 2 bridgehead atoms. The number of nitrogens with one attached hydrogen (secondary N) is 1. The third kappa shape index (κ3) is 6.38. The average molecular weight is 504 g/mol. The fourth-order valence-corrected chi connectivity index (χ4v) is 7.39. The summed E-state index contributed by atoms with van der Waals surface area (Å²) >= 11 is 0. The van der Waals surface area contributed by atoms with E-state index in [0.717, 1.165) is 64.8 Å². The zero-order valence-electron chi connectivity index (χ0n) is 22.6. The van der Waals surface area contributed by atoms with Crippen molar-refractivity contribution < 1.29 is 9.90 Å². The minimum Gasteiger partial charge on any atom is -0.508 e. The zero-order chi connectivity index (χ0) is 25.7. The van der Waals surface area contributed by atoms with Gasteiger partial charge in [0.2, 0.25) is 5.91 Å². The van der Waals surface area contributed by atoms with E-state index in [1.807, 2.05) is 12.1 Å². The first-order valence-corrected chi connectivity index (χ1v) is 14.6. The van der Waals surface area contributed by atoms with E-state index >= 15 is 0 Å². The highest BCUT2D eigenvalue weighted by molar-refractivity contribution is 5.76. The van der Waals surface area contributed by atoms with Gasteiger partial charge >= 0.3 is 0 Å². The molecule has 5 heteroatoms. The summed E-state index contributed by atoms with van der Waals surface area (Å²) in [5.41, 5.74) is 2.63.